The molecule has 3 aromatic rings. The summed E-state index contributed by atoms with van der Waals surface area (Å²) >= 11 is 0. The van der Waals surface area contributed by atoms with Crippen molar-refractivity contribution >= 4 is 47.4 Å². The molecule has 0 aromatic heterocycles. The van der Waals surface area contributed by atoms with Gasteiger partial charge in [-0.2, -0.15) is 25.6 Å². The van der Waals surface area contributed by atoms with Gasteiger partial charge in [0.15, 0.2) is 6.01 Å². The summed E-state index contributed by atoms with van der Waals surface area (Å²) in [6.45, 7) is 14.5. The Bertz CT molecular complexity index is 3480. The van der Waals surface area contributed by atoms with Crippen molar-refractivity contribution in [2.45, 2.75) is 231 Å². The van der Waals surface area contributed by atoms with Gasteiger partial charge in [-0.3, -0.25) is 4.79 Å². The molecule has 15 rings (SSSR count). The predicted octanol–water partition coefficient (Wildman–Crippen LogP) is 18.7. The molecule has 0 aliphatic heterocycles. The first kappa shape index (κ1) is 74.3. The summed E-state index contributed by atoms with van der Waals surface area (Å²) in [6.07, 6.45) is 41.8. The zero-order valence-electron chi connectivity index (χ0n) is 58.1. The minimum atomic E-state index is -3.66. The minimum Gasteiger partial charge on any atom is -0.385 e. The van der Waals surface area contributed by atoms with E-state index in [1.807, 2.05) is 0 Å². The molecular weight excluding hydrogens is 1270 g/mol. The van der Waals surface area contributed by atoms with Crippen LogP contribution in [0.1, 0.15) is 226 Å². The van der Waals surface area contributed by atoms with E-state index in [0.29, 0.717) is 22.0 Å². The Kier molecular flexibility index (Phi) is 24.5. The van der Waals surface area contributed by atoms with Crippen LogP contribution < -0.4 is 0 Å². The topological polar surface area (TPSA) is 160 Å². The molecule has 0 amide bonds. The molecule has 3 aromatic carbocycles. The second-order valence-corrected chi connectivity index (χ2v) is 35.3. The molecule has 9 nitrogen and oxygen atoms in total. The van der Waals surface area contributed by atoms with Crippen LogP contribution in [-0.2, 0) is 46.4 Å². The molecule has 15 heteroatoms. The number of alkyl halides is 1. The molecule has 528 valence electrons. The van der Waals surface area contributed by atoms with Gasteiger partial charge in [-0.15, -0.1) is 0 Å². The van der Waals surface area contributed by atoms with Crippen molar-refractivity contribution in [3.05, 3.63) is 137 Å². The van der Waals surface area contributed by atoms with E-state index in [1.165, 1.54) is 147 Å². The lowest BCUT2D eigenvalue weighted by molar-refractivity contribution is -0.126. The van der Waals surface area contributed by atoms with Crippen molar-refractivity contribution in [2.24, 2.45) is 105 Å². The van der Waals surface area contributed by atoms with Gasteiger partial charge in [0.2, 0.25) is 41.7 Å². The molecule has 0 spiro atoms. The van der Waals surface area contributed by atoms with Crippen LogP contribution in [0.4, 0.5) is 13.2 Å². The SMILES string of the molecule is CC=C1CC[C@H]2[C@@H]3CC[C@H]4CC(=O)CC[C@@H]4[C@H]3CC[C@]12C.CC=C1CC[C@H]2[C@@H]3CC[C@H]4C[C@@](O)(c5ccccc5)CC[C@@H]4[C@H]3CC[C@]12C.CC=C1CC[C@H]2[C@@H]3CC[C@H]4C[C@](O)(c5ccccc5)CC[C@@H]4[C@H]3CC[C@]12C.O=S(=O)(CF)c1ccccc1.O=S(=O)=CF.O=S(=O)=CF. The smallest absolute Gasteiger partial charge is 0.242 e. The molecule has 0 unspecified atom stereocenters. The largest absolute Gasteiger partial charge is 0.385 e. The molecule has 12 aliphatic rings. The number of ketones is 1. The average molecular weight is 1380 g/mol. The highest BCUT2D eigenvalue weighted by Gasteiger charge is 2.59. The lowest BCUT2D eigenvalue weighted by atomic mass is 9.49. The van der Waals surface area contributed by atoms with Gasteiger partial charge in [0, 0.05) is 12.8 Å². The summed E-state index contributed by atoms with van der Waals surface area (Å²) in [4.78, 5) is 11.8. The van der Waals surface area contributed by atoms with E-state index in [2.05, 4.69) is 120 Å². The van der Waals surface area contributed by atoms with E-state index >= 15 is 0 Å². The van der Waals surface area contributed by atoms with Gasteiger partial charge in [-0.25, -0.2) is 12.8 Å². The number of sulfone groups is 1. The van der Waals surface area contributed by atoms with Crippen LogP contribution >= 0.6 is 0 Å². The second kappa shape index (κ2) is 31.6. The fourth-order valence-corrected chi connectivity index (χ4v) is 24.8. The third kappa shape index (κ3) is 15.4. The number of hydrogen-bond donors (Lipinski definition) is 2. The Morgan fingerprint density at radius 1 is 0.438 bits per heavy atom. The number of carbonyl (C=O) groups excluding carboxylic acids is 1. The Hall–Kier alpha value is -4.41. The zero-order chi connectivity index (χ0) is 68.8. The van der Waals surface area contributed by atoms with E-state index < -0.39 is 58.9 Å². The van der Waals surface area contributed by atoms with Crippen LogP contribution in [0.25, 0.3) is 0 Å². The number of rotatable bonds is 4. The Morgan fingerprint density at radius 3 is 1.09 bits per heavy atom. The third-order valence-corrected chi connectivity index (χ3v) is 30.0. The first-order valence-electron chi connectivity index (χ1n) is 36.9. The average Bonchev–Trinajstić information content (AvgIpc) is 1.46. The molecule has 12 aliphatic carbocycles. The van der Waals surface area contributed by atoms with Gasteiger partial charge in [0.1, 0.15) is 5.78 Å². The van der Waals surface area contributed by atoms with E-state index in [0.717, 1.165) is 138 Å². The van der Waals surface area contributed by atoms with Crippen LogP contribution in [0, 0.1) is 105 Å². The molecule has 0 bridgehead atoms. The fraction of sp³-hybridized carbons (Fsp3) is 0.667. The summed E-state index contributed by atoms with van der Waals surface area (Å²) in [6, 6.07) is 27.2. The molecule has 96 heavy (non-hydrogen) atoms. The van der Waals surface area contributed by atoms with Crippen molar-refractivity contribution in [3.8, 4) is 0 Å². The van der Waals surface area contributed by atoms with Crippen molar-refractivity contribution in [3.63, 3.8) is 0 Å². The number of aliphatic hydroxyl groups is 2. The van der Waals surface area contributed by atoms with Crippen LogP contribution in [0.2, 0.25) is 0 Å². The number of benzene rings is 3. The van der Waals surface area contributed by atoms with Crippen molar-refractivity contribution in [2.75, 3.05) is 6.01 Å². The van der Waals surface area contributed by atoms with E-state index in [4.69, 9.17) is 16.8 Å². The number of hydrogen-bond acceptors (Lipinski definition) is 9. The van der Waals surface area contributed by atoms with E-state index in [1.54, 1.807) is 34.9 Å². The molecule has 0 saturated heterocycles. The fourth-order valence-electron chi connectivity index (χ4n) is 24.1. The maximum absolute atomic E-state index is 11.9. The predicted molar refractivity (Wildman–Crippen MR) is 380 cm³/mol. The minimum absolute atomic E-state index is 0.0301. The summed E-state index contributed by atoms with van der Waals surface area (Å²) in [5.74, 6) is 13.9. The van der Waals surface area contributed by atoms with Crippen molar-refractivity contribution < 1.29 is 53.4 Å². The first-order chi connectivity index (χ1) is 45.9. The maximum Gasteiger partial charge on any atom is 0.242 e. The van der Waals surface area contributed by atoms with Gasteiger partial charge >= 0.3 is 0 Å². The Labute approximate surface area is 576 Å². The van der Waals surface area contributed by atoms with Crippen molar-refractivity contribution in [1.29, 1.82) is 0 Å². The number of carbonyl (C=O) groups is 1. The van der Waals surface area contributed by atoms with E-state index in [-0.39, 0.29) is 4.90 Å². The van der Waals surface area contributed by atoms with Crippen LogP contribution in [0.5, 0.6) is 0 Å². The van der Waals surface area contributed by atoms with Gasteiger partial charge in [0.25, 0.3) is 0 Å². The van der Waals surface area contributed by atoms with Gasteiger partial charge < -0.3 is 10.2 Å². The zero-order valence-corrected chi connectivity index (χ0v) is 60.6. The molecule has 2 N–H and O–H groups in total. The molecule has 0 radical (unpaired) electrons. The Morgan fingerprint density at radius 2 is 0.760 bits per heavy atom. The highest BCUT2D eigenvalue weighted by atomic mass is 32.2. The Balaban J connectivity index is 0.000000137. The second-order valence-electron chi connectivity index (χ2n) is 32.0. The number of allylic oxidation sites excluding steroid dienone is 6. The summed E-state index contributed by atoms with van der Waals surface area (Å²) in [5.41, 5.74) is 7.11. The highest BCUT2D eigenvalue weighted by molar-refractivity contribution is 7.91. The monoisotopic (exact) mass is 1380 g/mol. The summed E-state index contributed by atoms with van der Waals surface area (Å²) in [7, 11) is -8.89. The number of Topliss-reactive ketones (excluding diaryl/α,β-unsaturated/α-hetero) is 1. The molecular formula is C81H111F3O9S3. The highest BCUT2D eigenvalue weighted by Crippen LogP contribution is 2.68. The normalized spacial score (nSPS) is 40.2. The number of fused-ring (bicyclic) bond motifs is 15. The van der Waals surface area contributed by atoms with Crippen LogP contribution in [0.3, 0.4) is 0 Å². The summed E-state index contributed by atoms with van der Waals surface area (Å²) in [5, 5.41) is 22.9. The maximum atomic E-state index is 11.9. The molecule has 12 saturated carbocycles. The third-order valence-electron chi connectivity index (χ3n) is 28.4. The van der Waals surface area contributed by atoms with Crippen molar-refractivity contribution in [1.82, 2.24) is 0 Å². The van der Waals surface area contributed by atoms with Crippen LogP contribution in [-0.4, -0.2) is 58.5 Å². The molecule has 20 atom stereocenters. The van der Waals surface area contributed by atoms with Gasteiger partial charge in [-0.1, -0.05) is 135 Å². The lowest BCUT2D eigenvalue weighted by Gasteiger charge is -2.56. The number of halogens is 3. The van der Waals surface area contributed by atoms with E-state index in [9.17, 15) is 36.6 Å². The first-order valence-corrected chi connectivity index (χ1v) is 40.8. The molecule has 0 heterocycles. The van der Waals surface area contributed by atoms with Crippen LogP contribution in [0.15, 0.2) is 131 Å². The quantitative estimate of drug-likeness (QED) is 0.147. The van der Waals surface area contributed by atoms with Gasteiger partial charge in [0.05, 0.1) is 16.1 Å². The van der Waals surface area contributed by atoms with Gasteiger partial charge in [-0.05, 0) is 310 Å². The molecule has 12 fully saturated rings. The standard InChI is InChI=1S/2C26H36O.C20H30O.C7H7FO2S.2CHFO2S/c2*1-3-19-10-12-24-23-11-9-18-17-26(27,20-7-5-4-6-8-20)16-14-21(18)22(23)13-15-25(19,24)2;1-3-14-5-9-19-18-7-4-13-12-15(21)6-8-16(13)17(18)10-11-20(14,19)2;8-6-11(9,10)7-4-2-1-3-5-7;2*2-1-5(3)4/h2*3-8,18,21-24,27H,9-17H2,1-2H3;3,13,16-19H,4-12H2,1-2H3;1-5H,6H2;2*1H/t18-,21-,22+,23+,24-,25+,26+;18-,21-,22+,23+,24-,25+,26-;13-,16-,17+,18+,19-,20+;;;/m000.../s1. The lowest BCUT2D eigenvalue weighted by Crippen LogP contribution is -2.49. The summed E-state index contributed by atoms with van der Waals surface area (Å²) < 4.78 is 90.0.